The Hall–Kier alpha value is -3.09. The van der Waals surface area contributed by atoms with E-state index < -0.39 is 5.82 Å². The Kier molecular flexibility index (Phi) is 5.59. The predicted octanol–water partition coefficient (Wildman–Crippen LogP) is 3.40. The Balaban J connectivity index is 0.000000196. The van der Waals surface area contributed by atoms with Gasteiger partial charge in [0, 0.05) is 17.8 Å². The van der Waals surface area contributed by atoms with Crippen LogP contribution in [0.5, 0.6) is 11.5 Å². The highest BCUT2D eigenvalue weighted by Gasteiger charge is 2.10. The van der Waals surface area contributed by atoms with Crippen LogP contribution >= 0.6 is 0 Å². The zero-order chi connectivity index (χ0) is 18.6. The number of methoxy groups -OCH3 is 2. The molecule has 0 fully saturated rings. The summed E-state index contributed by atoms with van der Waals surface area (Å²) >= 11 is 0. The zero-order valence-electron chi connectivity index (χ0n) is 14.0. The fourth-order valence-electron chi connectivity index (χ4n) is 2.30. The van der Waals surface area contributed by atoms with E-state index in [2.05, 4.69) is 4.98 Å². The van der Waals surface area contributed by atoms with Crippen LogP contribution in [0.15, 0.2) is 41.2 Å². The van der Waals surface area contributed by atoms with Crippen molar-refractivity contribution in [3.05, 3.63) is 63.9 Å². The number of benzene rings is 2. The molecule has 3 rings (SSSR count). The predicted molar refractivity (Wildman–Crippen MR) is 93.2 cm³/mol. The number of nitrogens with two attached hydrogens (primary N) is 1. The van der Waals surface area contributed by atoms with Gasteiger partial charge in [0.05, 0.1) is 30.8 Å². The van der Waals surface area contributed by atoms with Crippen LogP contribution in [0.2, 0.25) is 0 Å². The first kappa shape index (κ1) is 18.3. The summed E-state index contributed by atoms with van der Waals surface area (Å²) in [5, 5.41) is 0.0416. The summed E-state index contributed by atoms with van der Waals surface area (Å²) in [6.07, 6.45) is 0. The minimum atomic E-state index is -0.535. The number of pyridine rings is 1. The normalized spacial score (nSPS) is 10.1. The third-order valence-corrected chi connectivity index (χ3v) is 3.44. The van der Waals surface area contributed by atoms with Gasteiger partial charge in [0.15, 0.2) is 5.43 Å². The lowest BCUT2D eigenvalue weighted by atomic mass is 10.1. The molecular weight excluding hydrogens is 330 g/mol. The number of fused-ring (bicyclic) bond motifs is 1. The Morgan fingerprint density at radius 1 is 1.00 bits per heavy atom. The molecular formula is C18H18F2N2O3. The van der Waals surface area contributed by atoms with E-state index in [-0.39, 0.29) is 16.6 Å². The minimum Gasteiger partial charge on any atom is -0.495 e. The van der Waals surface area contributed by atoms with Crippen molar-refractivity contribution in [2.45, 2.75) is 6.92 Å². The van der Waals surface area contributed by atoms with Gasteiger partial charge >= 0.3 is 0 Å². The molecule has 132 valence electrons. The topological polar surface area (TPSA) is 77.3 Å². The molecule has 0 aliphatic carbocycles. The molecule has 1 heterocycles. The van der Waals surface area contributed by atoms with Crippen LogP contribution in [0.3, 0.4) is 0 Å². The van der Waals surface area contributed by atoms with Crippen molar-refractivity contribution in [2.24, 2.45) is 0 Å². The number of aryl methyl sites for hydroxylation is 1. The molecule has 0 amide bonds. The van der Waals surface area contributed by atoms with Gasteiger partial charge in [0.25, 0.3) is 0 Å². The molecule has 7 heteroatoms. The number of anilines is 1. The second-order valence-electron chi connectivity index (χ2n) is 5.20. The van der Waals surface area contributed by atoms with Crippen molar-refractivity contribution in [2.75, 3.05) is 20.0 Å². The molecule has 1 aromatic heterocycles. The molecule has 0 bridgehead atoms. The summed E-state index contributed by atoms with van der Waals surface area (Å²) in [7, 11) is 2.97. The van der Waals surface area contributed by atoms with Crippen molar-refractivity contribution in [1.82, 2.24) is 4.98 Å². The maximum Gasteiger partial charge on any atom is 0.192 e. The van der Waals surface area contributed by atoms with E-state index in [0.717, 1.165) is 0 Å². The van der Waals surface area contributed by atoms with Gasteiger partial charge in [-0.15, -0.1) is 0 Å². The quantitative estimate of drug-likeness (QED) is 0.696. The number of rotatable bonds is 2. The van der Waals surface area contributed by atoms with Crippen LogP contribution in [0.4, 0.5) is 14.5 Å². The summed E-state index contributed by atoms with van der Waals surface area (Å²) in [5.74, 6) is 0.0824. The molecule has 0 spiro atoms. The third kappa shape index (κ3) is 4.06. The van der Waals surface area contributed by atoms with Gasteiger partial charge < -0.3 is 20.2 Å². The molecule has 0 saturated carbocycles. The van der Waals surface area contributed by atoms with Gasteiger partial charge in [0.2, 0.25) is 0 Å². The van der Waals surface area contributed by atoms with E-state index >= 15 is 0 Å². The molecule has 0 radical (unpaired) electrons. The summed E-state index contributed by atoms with van der Waals surface area (Å²) in [6.45, 7) is 1.74. The highest BCUT2D eigenvalue weighted by molar-refractivity contribution is 5.85. The average molecular weight is 348 g/mol. The van der Waals surface area contributed by atoms with Gasteiger partial charge in [-0.1, -0.05) is 0 Å². The number of nitrogen functional groups attached to an aromatic ring is 1. The molecule has 0 aliphatic rings. The average Bonchev–Trinajstić information content (AvgIpc) is 2.55. The van der Waals surface area contributed by atoms with Crippen LogP contribution in [0.25, 0.3) is 10.9 Å². The van der Waals surface area contributed by atoms with Gasteiger partial charge in [-0.25, -0.2) is 8.78 Å². The largest absolute Gasteiger partial charge is 0.495 e. The second-order valence-corrected chi connectivity index (χ2v) is 5.20. The molecule has 25 heavy (non-hydrogen) atoms. The number of aromatic amines is 1. The summed E-state index contributed by atoms with van der Waals surface area (Å²) in [5.41, 5.74) is 6.44. The van der Waals surface area contributed by atoms with E-state index in [1.165, 1.54) is 50.6 Å². The third-order valence-electron chi connectivity index (χ3n) is 3.44. The van der Waals surface area contributed by atoms with E-state index in [1.807, 2.05) is 0 Å². The van der Waals surface area contributed by atoms with Crippen molar-refractivity contribution in [3.8, 4) is 11.5 Å². The Morgan fingerprint density at radius 3 is 2.24 bits per heavy atom. The van der Waals surface area contributed by atoms with E-state index in [1.54, 1.807) is 6.92 Å². The molecule has 0 atom stereocenters. The number of nitrogens with one attached hydrogen (secondary N) is 1. The maximum absolute atomic E-state index is 13.4. The van der Waals surface area contributed by atoms with Gasteiger partial charge in [-0.2, -0.15) is 0 Å². The maximum atomic E-state index is 13.4. The van der Waals surface area contributed by atoms with Crippen LogP contribution in [0.1, 0.15) is 5.69 Å². The number of aromatic nitrogens is 1. The number of hydrogen-bond donors (Lipinski definition) is 2. The van der Waals surface area contributed by atoms with E-state index in [4.69, 9.17) is 15.2 Å². The SMILES string of the molecule is COc1ccc(F)c2c(=O)cc(C)[nH]c12.COc1ccc(F)cc1N. The second kappa shape index (κ2) is 7.65. The van der Waals surface area contributed by atoms with Gasteiger partial charge in [-0.3, -0.25) is 4.79 Å². The number of H-pyrrole nitrogens is 1. The molecule has 2 aromatic carbocycles. The molecule has 0 aliphatic heterocycles. The highest BCUT2D eigenvalue weighted by atomic mass is 19.1. The summed E-state index contributed by atoms with van der Waals surface area (Å²) < 4.78 is 35.6. The minimum absolute atomic E-state index is 0.0416. The van der Waals surface area contributed by atoms with Crippen molar-refractivity contribution < 1.29 is 18.3 Å². The monoisotopic (exact) mass is 348 g/mol. The molecule has 3 aromatic rings. The molecule has 3 N–H and O–H groups in total. The van der Waals surface area contributed by atoms with Crippen molar-refractivity contribution in [1.29, 1.82) is 0 Å². The standard InChI is InChI=1S/C11H10FNO2.C7H8FNO/c1-6-5-8(14)10-7(12)3-4-9(15-2)11(10)13-6;1-10-7-3-2-5(8)4-6(7)9/h3-5H,1-2H3,(H,13,14);2-4H,9H2,1H3. The highest BCUT2D eigenvalue weighted by Crippen LogP contribution is 2.23. The first-order valence-corrected chi connectivity index (χ1v) is 7.32. The van der Waals surface area contributed by atoms with E-state index in [9.17, 15) is 13.6 Å². The zero-order valence-corrected chi connectivity index (χ0v) is 14.0. The molecule has 0 unspecified atom stereocenters. The molecule has 5 nitrogen and oxygen atoms in total. The van der Waals surface area contributed by atoms with Gasteiger partial charge in [-0.05, 0) is 31.2 Å². The molecule has 0 saturated heterocycles. The lowest BCUT2D eigenvalue weighted by molar-refractivity contribution is 0.416. The van der Waals surface area contributed by atoms with Crippen molar-refractivity contribution >= 4 is 16.6 Å². The van der Waals surface area contributed by atoms with Crippen LogP contribution < -0.4 is 20.6 Å². The van der Waals surface area contributed by atoms with Crippen LogP contribution in [-0.4, -0.2) is 19.2 Å². The fourth-order valence-corrected chi connectivity index (χ4v) is 2.30. The Bertz CT molecular complexity index is 955. The van der Waals surface area contributed by atoms with Gasteiger partial charge in [0.1, 0.15) is 23.1 Å². The smallest absolute Gasteiger partial charge is 0.192 e. The van der Waals surface area contributed by atoms with E-state index in [0.29, 0.717) is 28.4 Å². The Labute approximate surface area is 143 Å². The number of ether oxygens (including phenoxy) is 2. The van der Waals surface area contributed by atoms with Crippen LogP contribution in [0, 0.1) is 18.6 Å². The lowest BCUT2D eigenvalue weighted by Gasteiger charge is -2.06. The lowest BCUT2D eigenvalue weighted by Crippen LogP contribution is -2.06. The summed E-state index contributed by atoms with van der Waals surface area (Å²) in [4.78, 5) is 14.5. The number of hydrogen-bond acceptors (Lipinski definition) is 4. The van der Waals surface area contributed by atoms with Crippen LogP contribution in [-0.2, 0) is 0 Å². The van der Waals surface area contributed by atoms with Crippen molar-refractivity contribution in [3.63, 3.8) is 0 Å². The number of halogens is 2. The summed E-state index contributed by atoms with van der Waals surface area (Å²) in [6, 6.07) is 8.10. The Morgan fingerprint density at radius 2 is 1.64 bits per heavy atom. The first-order valence-electron chi connectivity index (χ1n) is 7.32. The fraction of sp³-hybridized carbons (Fsp3) is 0.167. The first-order chi connectivity index (χ1) is 11.9.